The minimum Gasteiger partial charge on any atom is -0.493 e. The number of halogens is 1. The topological polar surface area (TPSA) is 72.5 Å². The molecule has 0 aliphatic heterocycles. The lowest BCUT2D eigenvalue weighted by atomic mass is 10.1. The number of nitrogens with one attached hydrogen (secondary N) is 2. The molecule has 0 fully saturated rings. The van der Waals surface area contributed by atoms with Crippen molar-refractivity contribution in [3.63, 3.8) is 0 Å². The van der Waals surface area contributed by atoms with E-state index in [-0.39, 0.29) is 11.7 Å². The molecular weight excluding hydrogens is 373 g/mol. The quantitative estimate of drug-likeness (QED) is 0.600. The monoisotopic (exact) mass is 395 g/mol. The smallest absolute Gasteiger partial charge is 0.274 e. The van der Waals surface area contributed by atoms with Crippen molar-refractivity contribution in [3.05, 3.63) is 77.9 Å². The maximum Gasteiger partial charge on any atom is 0.274 e. The fourth-order valence-corrected chi connectivity index (χ4v) is 2.74. The second-order valence-electron chi connectivity index (χ2n) is 6.26. The summed E-state index contributed by atoms with van der Waals surface area (Å²) in [5.41, 5.74) is 2.72. The minimum atomic E-state index is -0.324. The maximum absolute atomic E-state index is 12.9. The number of nitrogens with zero attached hydrogens (tertiary/aromatic N) is 1. The van der Waals surface area contributed by atoms with Gasteiger partial charge in [-0.2, -0.15) is 0 Å². The van der Waals surface area contributed by atoms with Gasteiger partial charge in [0.2, 0.25) is 0 Å². The number of amides is 1. The molecule has 1 heterocycles. The van der Waals surface area contributed by atoms with E-state index >= 15 is 0 Å². The van der Waals surface area contributed by atoms with Crippen LogP contribution in [-0.4, -0.2) is 31.7 Å². The molecular formula is C22H22FN3O3. The first-order valence-electron chi connectivity index (χ1n) is 9.07. The molecule has 2 N–H and O–H groups in total. The number of rotatable bonds is 8. The van der Waals surface area contributed by atoms with Gasteiger partial charge in [0.15, 0.2) is 11.5 Å². The normalized spacial score (nSPS) is 10.3. The Balaban J connectivity index is 1.55. The van der Waals surface area contributed by atoms with E-state index in [0.717, 1.165) is 17.7 Å². The Morgan fingerprint density at radius 1 is 0.966 bits per heavy atom. The summed E-state index contributed by atoms with van der Waals surface area (Å²) in [6.45, 7) is 0.671. The SMILES string of the molecule is COc1ccc(NC(=O)c2ccc(NCCc3ccc(F)cc3)cn2)cc1OC. The zero-order valence-corrected chi connectivity index (χ0v) is 16.2. The summed E-state index contributed by atoms with van der Waals surface area (Å²) in [6.07, 6.45) is 2.36. The van der Waals surface area contributed by atoms with Crippen LogP contribution in [0.4, 0.5) is 15.8 Å². The number of pyridine rings is 1. The van der Waals surface area contributed by atoms with E-state index in [1.165, 1.54) is 19.2 Å². The van der Waals surface area contributed by atoms with Crippen LogP contribution < -0.4 is 20.1 Å². The van der Waals surface area contributed by atoms with Crippen molar-refractivity contribution in [1.82, 2.24) is 4.98 Å². The second kappa shape index (κ2) is 9.54. The molecule has 3 aromatic rings. The van der Waals surface area contributed by atoms with Crippen LogP contribution in [0.15, 0.2) is 60.8 Å². The van der Waals surface area contributed by atoms with Crippen LogP contribution >= 0.6 is 0 Å². The summed E-state index contributed by atoms with van der Waals surface area (Å²) in [6, 6.07) is 15.0. The van der Waals surface area contributed by atoms with Crippen molar-refractivity contribution in [2.75, 3.05) is 31.4 Å². The molecule has 0 radical (unpaired) electrons. The number of anilines is 2. The van der Waals surface area contributed by atoms with Crippen LogP contribution in [-0.2, 0) is 6.42 Å². The van der Waals surface area contributed by atoms with Gasteiger partial charge in [0, 0.05) is 18.3 Å². The Labute approximate surface area is 168 Å². The molecule has 6 nitrogen and oxygen atoms in total. The molecule has 3 rings (SSSR count). The van der Waals surface area contributed by atoms with E-state index in [4.69, 9.17) is 9.47 Å². The highest BCUT2D eigenvalue weighted by atomic mass is 19.1. The predicted octanol–water partition coefficient (Wildman–Crippen LogP) is 4.14. The lowest BCUT2D eigenvalue weighted by Crippen LogP contribution is -2.14. The Hall–Kier alpha value is -3.61. The third kappa shape index (κ3) is 5.44. The van der Waals surface area contributed by atoms with Crippen LogP contribution in [0.5, 0.6) is 11.5 Å². The summed E-state index contributed by atoms with van der Waals surface area (Å²) in [7, 11) is 3.09. The van der Waals surface area contributed by atoms with Gasteiger partial charge in [-0.25, -0.2) is 9.37 Å². The average Bonchev–Trinajstić information content (AvgIpc) is 2.75. The van der Waals surface area contributed by atoms with Gasteiger partial charge in [-0.1, -0.05) is 12.1 Å². The van der Waals surface area contributed by atoms with E-state index in [1.807, 2.05) is 0 Å². The van der Waals surface area contributed by atoms with Crippen LogP contribution in [0, 0.1) is 5.82 Å². The summed E-state index contributed by atoms with van der Waals surface area (Å²) in [4.78, 5) is 16.6. The van der Waals surface area contributed by atoms with E-state index in [2.05, 4.69) is 15.6 Å². The Kier molecular flexibility index (Phi) is 6.63. The van der Waals surface area contributed by atoms with Gasteiger partial charge in [0.25, 0.3) is 5.91 Å². The lowest BCUT2D eigenvalue weighted by molar-refractivity contribution is 0.102. The Morgan fingerprint density at radius 3 is 2.34 bits per heavy atom. The highest BCUT2D eigenvalue weighted by molar-refractivity contribution is 6.03. The first kappa shape index (κ1) is 20.1. The molecule has 29 heavy (non-hydrogen) atoms. The Bertz CT molecular complexity index is 960. The van der Waals surface area contributed by atoms with E-state index in [9.17, 15) is 9.18 Å². The highest BCUT2D eigenvalue weighted by Gasteiger charge is 2.10. The molecule has 150 valence electrons. The third-order valence-corrected chi connectivity index (χ3v) is 4.29. The maximum atomic E-state index is 12.9. The fraction of sp³-hybridized carbons (Fsp3) is 0.182. The number of carbonyl (C=O) groups excluding carboxylic acids is 1. The molecule has 1 amide bonds. The molecule has 1 aromatic heterocycles. The molecule has 7 heteroatoms. The van der Waals surface area contributed by atoms with Gasteiger partial charge in [-0.3, -0.25) is 4.79 Å². The van der Waals surface area contributed by atoms with Gasteiger partial charge in [0.1, 0.15) is 11.5 Å². The minimum absolute atomic E-state index is 0.243. The largest absolute Gasteiger partial charge is 0.493 e. The van der Waals surface area contributed by atoms with Crippen molar-refractivity contribution in [1.29, 1.82) is 0 Å². The molecule has 2 aromatic carbocycles. The molecule has 0 spiro atoms. The molecule has 0 atom stereocenters. The molecule has 0 saturated heterocycles. The summed E-state index contributed by atoms with van der Waals surface area (Å²) in [5, 5.41) is 6.02. The summed E-state index contributed by atoms with van der Waals surface area (Å²) < 4.78 is 23.3. The van der Waals surface area contributed by atoms with E-state index in [1.54, 1.807) is 55.8 Å². The van der Waals surface area contributed by atoms with Crippen molar-refractivity contribution in [2.45, 2.75) is 6.42 Å². The zero-order valence-electron chi connectivity index (χ0n) is 16.2. The van der Waals surface area contributed by atoms with Gasteiger partial charge >= 0.3 is 0 Å². The van der Waals surface area contributed by atoms with Crippen LogP contribution in [0.2, 0.25) is 0 Å². The van der Waals surface area contributed by atoms with Crippen LogP contribution in [0.3, 0.4) is 0 Å². The van der Waals surface area contributed by atoms with Crippen molar-refractivity contribution in [3.8, 4) is 11.5 Å². The number of benzene rings is 2. The third-order valence-electron chi connectivity index (χ3n) is 4.29. The lowest BCUT2D eigenvalue weighted by Gasteiger charge is -2.11. The van der Waals surface area contributed by atoms with E-state index < -0.39 is 0 Å². The number of hydrogen-bond acceptors (Lipinski definition) is 5. The number of aromatic nitrogens is 1. The summed E-state index contributed by atoms with van der Waals surface area (Å²) in [5.74, 6) is 0.543. The van der Waals surface area contributed by atoms with Gasteiger partial charge < -0.3 is 20.1 Å². The van der Waals surface area contributed by atoms with Crippen molar-refractivity contribution in [2.24, 2.45) is 0 Å². The highest BCUT2D eigenvalue weighted by Crippen LogP contribution is 2.29. The van der Waals surface area contributed by atoms with Gasteiger partial charge in [0.05, 0.1) is 26.1 Å². The molecule has 0 aliphatic carbocycles. The van der Waals surface area contributed by atoms with Crippen molar-refractivity contribution < 1.29 is 18.7 Å². The van der Waals surface area contributed by atoms with Crippen molar-refractivity contribution >= 4 is 17.3 Å². The molecule has 0 saturated carbocycles. The predicted molar refractivity (Wildman–Crippen MR) is 110 cm³/mol. The molecule has 0 bridgehead atoms. The van der Waals surface area contributed by atoms with Crippen LogP contribution in [0.1, 0.15) is 16.1 Å². The molecule has 0 unspecified atom stereocenters. The van der Waals surface area contributed by atoms with E-state index in [0.29, 0.717) is 29.4 Å². The first-order valence-corrected chi connectivity index (χ1v) is 9.07. The summed E-state index contributed by atoms with van der Waals surface area (Å²) >= 11 is 0. The fourth-order valence-electron chi connectivity index (χ4n) is 2.74. The number of hydrogen-bond donors (Lipinski definition) is 2. The second-order valence-corrected chi connectivity index (χ2v) is 6.26. The molecule has 0 aliphatic rings. The number of carbonyl (C=O) groups is 1. The van der Waals surface area contributed by atoms with Crippen LogP contribution in [0.25, 0.3) is 0 Å². The van der Waals surface area contributed by atoms with Gasteiger partial charge in [-0.05, 0) is 48.4 Å². The number of ether oxygens (including phenoxy) is 2. The number of methoxy groups -OCH3 is 2. The average molecular weight is 395 g/mol. The zero-order chi connectivity index (χ0) is 20.6. The Morgan fingerprint density at radius 2 is 1.69 bits per heavy atom. The van der Waals surface area contributed by atoms with Gasteiger partial charge in [-0.15, -0.1) is 0 Å². The standard InChI is InChI=1S/C22H22FN3O3/c1-28-20-10-8-17(13-21(20)29-2)26-22(27)19-9-7-18(14-25-19)24-12-11-15-3-5-16(23)6-4-15/h3-10,13-14,24H,11-12H2,1-2H3,(H,26,27). The first-order chi connectivity index (χ1) is 14.1.